The molecule has 0 radical (unpaired) electrons. The van der Waals surface area contributed by atoms with Crippen molar-refractivity contribution in [3.63, 3.8) is 0 Å². The summed E-state index contributed by atoms with van der Waals surface area (Å²) in [5.41, 5.74) is 0.838. The molecule has 1 atom stereocenters. The van der Waals surface area contributed by atoms with E-state index in [-0.39, 0.29) is 6.10 Å². The first-order valence-electron chi connectivity index (χ1n) is 8.02. The number of aliphatic hydroxyl groups excluding tert-OH is 1. The second kappa shape index (κ2) is 11.2. The lowest BCUT2D eigenvalue weighted by molar-refractivity contribution is 0.186. The van der Waals surface area contributed by atoms with Crippen LogP contribution in [-0.2, 0) is 0 Å². The lowest BCUT2D eigenvalue weighted by atomic mass is 10.1. The number of ether oxygens (including phenoxy) is 1. The van der Waals surface area contributed by atoms with Crippen LogP contribution < -0.4 is 15.4 Å². The predicted octanol–water partition coefficient (Wildman–Crippen LogP) is 2.43. The summed E-state index contributed by atoms with van der Waals surface area (Å²) in [6.45, 7) is 7.97. The van der Waals surface area contributed by atoms with Crippen LogP contribution in [0.15, 0.2) is 29.3 Å². The number of guanidine groups is 1. The zero-order valence-corrected chi connectivity index (χ0v) is 15.3. The molecule has 130 valence electrons. The molecule has 0 saturated carbocycles. The lowest BCUT2D eigenvalue weighted by Gasteiger charge is -2.14. The van der Waals surface area contributed by atoms with Gasteiger partial charge in [0.25, 0.3) is 0 Å². The van der Waals surface area contributed by atoms with Crippen molar-refractivity contribution in [1.82, 2.24) is 10.6 Å². The van der Waals surface area contributed by atoms with Crippen molar-refractivity contribution in [2.75, 3.05) is 31.6 Å². The molecule has 5 nitrogen and oxygen atoms in total. The number of nitrogens with zero attached hydrogens (tertiary/aromatic N) is 1. The van der Waals surface area contributed by atoms with Gasteiger partial charge >= 0.3 is 0 Å². The second-order valence-electron chi connectivity index (χ2n) is 5.39. The van der Waals surface area contributed by atoms with E-state index in [1.165, 1.54) is 0 Å². The van der Waals surface area contributed by atoms with Crippen LogP contribution in [0.25, 0.3) is 0 Å². The van der Waals surface area contributed by atoms with Gasteiger partial charge in [0.2, 0.25) is 0 Å². The fourth-order valence-electron chi connectivity index (χ4n) is 1.94. The molecule has 0 saturated heterocycles. The van der Waals surface area contributed by atoms with Crippen LogP contribution in [0.1, 0.15) is 32.4 Å². The average molecular weight is 340 g/mol. The number of aliphatic hydroxyl groups is 1. The highest BCUT2D eigenvalue weighted by molar-refractivity contribution is 7.98. The van der Waals surface area contributed by atoms with E-state index >= 15 is 0 Å². The third-order valence-electron chi connectivity index (χ3n) is 3.00. The molecular weight excluding hydrogens is 310 g/mol. The molecule has 6 heteroatoms. The molecule has 1 unspecified atom stereocenters. The van der Waals surface area contributed by atoms with Gasteiger partial charge in [-0.3, -0.25) is 4.99 Å². The molecule has 1 rings (SSSR count). The Hall–Kier alpha value is -1.40. The van der Waals surface area contributed by atoms with Gasteiger partial charge in [0, 0.05) is 18.8 Å². The first-order chi connectivity index (χ1) is 11.1. The van der Waals surface area contributed by atoms with E-state index in [1.807, 2.05) is 45.0 Å². The minimum atomic E-state index is -0.626. The minimum Gasteiger partial charge on any atom is -0.491 e. The van der Waals surface area contributed by atoms with Crippen molar-refractivity contribution in [3.8, 4) is 5.75 Å². The van der Waals surface area contributed by atoms with Crippen molar-refractivity contribution in [3.05, 3.63) is 29.8 Å². The number of hydrogen-bond acceptors (Lipinski definition) is 4. The minimum absolute atomic E-state index is 0.144. The average Bonchev–Trinajstić information content (AvgIpc) is 2.52. The van der Waals surface area contributed by atoms with Crippen LogP contribution in [0.2, 0.25) is 0 Å². The Morgan fingerprint density at radius 2 is 1.96 bits per heavy atom. The monoisotopic (exact) mass is 339 g/mol. The topological polar surface area (TPSA) is 65.9 Å². The largest absolute Gasteiger partial charge is 0.491 e. The summed E-state index contributed by atoms with van der Waals surface area (Å²) in [5.74, 6) is 2.57. The summed E-state index contributed by atoms with van der Waals surface area (Å²) in [4.78, 5) is 4.44. The molecule has 0 heterocycles. The molecule has 0 spiro atoms. The third kappa shape index (κ3) is 8.13. The summed E-state index contributed by atoms with van der Waals surface area (Å²) in [6.07, 6.45) is 1.59. The van der Waals surface area contributed by atoms with Crippen LogP contribution >= 0.6 is 11.8 Å². The SMILES string of the molecule is CCNC(=NCC(O)c1ccc(OC(C)C)cc1)NCCSC. The van der Waals surface area contributed by atoms with Gasteiger partial charge in [-0.15, -0.1) is 0 Å². The molecule has 1 aromatic rings. The number of thioether (sulfide) groups is 1. The maximum Gasteiger partial charge on any atom is 0.191 e. The summed E-state index contributed by atoms with van der Waals surface area (Å²) in [7, 11) is 0. The maximum atomic E-state index is 10.3. The summed E-state index contributed by atoms with van der Waals surface area (Å²) in [5, 5.41) is 16.7. The van der Waals surface area contributed by atoms with Gasteiger partial charge in [0.1, 0.15) is 5.75 Å². The molecule has 0 aromatic heterocycles. The molecule has 0 aliphatic heterocycles. The van der Waals surface area contributed by atoms with E-state index in [1.54, 1.807) is 11.8 Å². The number of aliphatic imine (C=N–C) groups is 1. The Morgan fingerprint density at radius 1 is 1.26 bits per heavy atom. The van der Waals surface area contributed by atoms with Crippen LogP contribution in [-0.4, -0.2) is 48.8 Å². The lowest BCUT2D eigenvalue weighted by Crippen LogP contribution is -2.38. The predicted molar refractivity (Wildman–Crippen MR) is 99.5 cm³/mol. The number of rotatable bonds is 9. The highest BCUT2D eigenvalue weighted by Crippen LogP contribution is 2.19. The highest BCUT2D eigenvalue weighted by atomic mass is 32.2. The van der Waals surface area contributed by atoms with Gasteiger partial charge in [-0.25, -0.2) is 0 Å². The van der Waals surface area contributed by atoms with E-state index in [0.29, 0.717) is 6.54 Å². The van der Waals surface area contributed by atoms with Crippen molar-refractivity contribution >= 4 is 17.7 Å². The molecule has 0 fully saturated rings. The van der Waals surface area contributed by atoms with Crippen molar-refractivity contribution in [2.24, 2.45) is 4.99 Å². The fraction of sp³-hybridized carbons (Fsp3) is 0.588. The van der Waals surface area contributed by atoms with Crippen LogP contribution in [0.5, 0.6) is 5.75 Å². The first-order valence-corrected chi connectivity index (χ1v) is 9.42. The standard InChI is InChI=1S/C17H29N3O2S/c1-5-18-17(19-10-11-23-4)20-12-16(21)14-6-8-15(9-7-14)22-13(2)3/h6-9,13,16,21H,5,10-12H2,1-4H3,(H2,18,19,20). The molecule has 0 aliphatic carbocycles. The Balaban J connectivity index is 2.57. The highest BCUT2D eigenvalue weighted by Gasteiger charge is 2.08. The third-order valence-corrected chi connectivity index (χ3v) is 3.61. The molecule has 0 aliphatic rings. The Morgan fingerprint density at radius 3 is 2.52 bits per heavy atom. The van der Waals surface area contributed by atoms with Crippen molar-refractivity contribution < 1.29 is 9.84 Å². The van der Waals surface area contributed by atoms with E-state index in [9.17, 15) is 5.11 Å². The van der Waals surface area contributed by atoms with E-state index in [4.69, 9.17) is 4.74 Å². The summed E-state index contributed by atoms with van der Waals surface area (Å²) < 4.78 is 5.60. The smallest absolute Gasteiger partial charge is 0.191 e. The van der Waals surface area contributed by atoms with E-state index in [2.05, 4.69) is 21.9 Å². The molecule has 23 heavy (non-hydrogen) atoms. The van der Waals surface area contributed by atoms with Gasteiger partial charge in [-0.2, -0.15) is 11.8 Å². The zero-order chi connectivity index (χ0) is 17.1. The Kier molecular flexibility index (Phi) is 9.55. The van der Waals surface area contributed by atoms with E-state index < -0.39 is 6.10 Å². The van der Waals surface area contributed by atoms with Crippen LogP contribution in [0.3, 0.4) is 0 Å². The molecule has 0 amide bonds. The summed E-state index contributed by atoms with van der Waals surface area (Å²) in [6, 6.07) is 7.52. The van der Waals surface area contributed by atoms with Crippen molar-refractivity contribution in [2.45, 2.75) is 33.0 Å². The second-order valence-corrected chi connectivity index (χ2v) is 6.38. The molecule has 0 bridgehead atoms. The van der Waals surface area contributed by atoms with Gasteiger partial charge < -0.3 is 20.5 Å². The Bertz CT molecular complexity index is 463. The fourth-order valence-corrected chi connectivity index (χ4v) is 2.24. The van der Waals surface area contributed by atoms with Crippen LogP contribution in [0.4, 0.5) is 0 Å². The molecule has 1 aromatic carbocycles. The zero-order valence-electron chi connectivity index (χ0n) is 14.5. The summed E-state index contributed by atoms with van der Waals surface area (Å²) >= 11 is 1.78. The maximum absolute atomic E-state index is 10.3. The Labute approximate surface area is 143 Å². The van der Waals surface area contributed by atoms with Crippen molar-refractivity contribution in [1.29, 1.82) is 0 Å². The van der Waals surface area contributed by atoms with E-state index in [0.717, 1.165) is 36.1 Å². The normalized spacial score (nSPS) is 13.0. The first kappa shape index (κ1) is 19.6. The number of hydrogen-bond donors (Lipinski definition) is 3. The molecule has 3 N–H and O–H groups in total. The van der Waals surface area contributed by atoms with Gasteiger partial charge in [0.15, 0.2) is 5.96 Å². The number of nitrogens with one attached hydrogen (secondary N) is 2. The van der Waals surface area contributed by atoms with Gasteiger partial charge in [-0.05, 0) is 44.7 Å². The number of benzene rings is 1. The van der Waals surface area contributed by atoms with Crippen LogP contribution in [0, 0.1) is 0 Å². The quantitative estimate of drug-likeness (QED) is 0.366. The van der Waals surface area contributed by atoms with Gasteiger partial charge in [-0.1, -0.05) is 12.1 Å². The van der Waals surface area contributed by atoms with Gasteiger partial charge in [0.05, 0.1) is 18.8 Å². The molecular formula is C17H29N3O2S.